The standard InChI is InChI=1S/C21H21N3O8/c1-30-16-6-3-14(4-7-16)22-19(25)12-32-21(27)13-9-20(26)23(11-13)17-8-5-15(24(28)29)10-18(17)31-2/h3-8,10,13H,9,11-12H2,1-2H3,(H,22,25)/t13-/m0/s1. The van der Waals surface area contributed by atoms with Crippen molar-refractivity contribution in [3.8, 4) is 11.5 Å². The SMILES string of the molecule is COc1ccc(NC(=O)COC(=O)[C@H]2CC(=O)N(c3ccc([N+](=O)[O-])cc3OC)C2)cc1. The minimum atomic E-state index is -0.781. The Morgan fingerprint density at radius 1 is 1.16 bits per heavy atom. The number of amides is 2. The molecule has 1 aliphatic heterocycles. The molecule has 11 nitrogen and oxygen atoms in total. The van der Waals surface area contributed by atoms with E-state index in [9.17, 15) is 24.5 Å². The van der Waals surface area contributed by atoms with Gasteiger partial charge in [-0.05, 0) is 30.3 Å². The summed E-state index contributed by atoms with van der Waals surface area (Å²) in [6.45, 7) is -0.498. The number of hydrogen-bond acceptors (Lipinski definition) is 8. The molecule has 1 N–H and O–H groups in total. The van der Waals surface area contributed by atoms with Crippen molar-refractivity contribution in [1.29, 1.82) is 0 Å². The van der Waals surface area contributed by atoms with Crippen molar-refractivity contribution >= 4 is 34.8 Å². The van der Waals surface area contributed by atoms with Gasteiger partial charge in [-0.25, -0.2) is 0 Å². The molecule has 32 heavy (non-hydrogen) atoms. The van der Waals surface area contributed by atoms with Crippen LogP contribution in [0.4, 0.5) is 17.1 Å². The molecule has 11 heteroatoms. The van der Waals surface area contributed by atoms with Crippen molar-refractivity contribution in [1.82, 2.24) is 0 Å². The lowest BCUT2D eigenvalue weighted by molar-refractivity contribution is -0.384. The van der Waals surface area contributed by atoms with Crippen molar-refractivity contribution in [2.45, 2.75) is 6.42 Å². The highest BCUT2D eigenvalue weighted by atomic mass is 16.6. The summed E-state index contributed by atoms with van der Waals surface area (Å²) in [5.41, 5.74) is 0.645. The lowest BCUT2D eigenvalue weighted by Crippen LogP contribution is -2.28. The molecule has 3 rings (SSSR count). The Morgan fingerprint density at radius 3 is 2.50 bits per heavy atom. The van der Waals surface area contributed by atoms with Crippen LogP contribution in [-0.2, 0) is 19.1 Å². The second-order valence-corrected chi connectivity index (χ2v) is 6.90. The van der Waals surface area contributed by atoms with Crippen molar-refractivity contribution in [2.24, 2.45) is 5.92 Å². The van der Waals surface area contributed by atoms with E-state index in [2.05, 4.69) is 5.32 Å². The summed E-state index contributed by atoms with van der Waals surface area (Å²) in [5, 5.41) is 13.5. The monoisotopic (exact) mass is 443 g/mol. The summed E-state index contributed by atoms with van der Waals surface area (Å²) >= 11 is 0. The minimum absolute atomic E-state index is 0.00589. The lowest BCUT2D eigenvalue weighted by atomic mass is 10.1. The van der Waals surface area contributed by atoms with Crippen LogP contribution in [0.2, 0.25) is 0 Å². The lowest BCUT2D eigenvalue weighted by Gasteiger charge is -2.19. The van der Waals surface area contributed by atoms with Gasteiger partial charge in [0.05, 0.1) is 36.8 Å². The van der Waals surface area contributed by atoms with Crippen LogP contribution in [0.25, 0.3) is 0 Å². The van der Waals surface area contributed by atoms with Crippen molar-refractivity contribution in [2.75, 3.05) is 37.6 Å². The van der Waals surface area contributed by atoms with Gasteiger partial charge in [0.15, 0.2) is 6.61 Å². The number of non-ortho nitro benzene ring substituents is 1. The molecule has 0 unspecified atom stereocenters. The Labute approximate surface area is 183 Å². The third-order valence-electron chi connectivity index (χ3n) is 4.84. The fourth-order valence-electron chi connectivity index (χ4n) is 3.23. The van der Waals surface area contributed by atoms with Crippen molar-refractivity contribution in [3.05, 3.63) is 52.6 Å². The van der Waals surface area contributed by atoms with Gasteiger partial charge in [0.2, 0.25) is 5.91 Å². The maximum Gasteiger partial charge on any atom is 0.311 e. The van der Waals surface area contributed by atoms with E-state index in [1.807, 2.05) is 0 Å². The molecule has 0 spiro atoms. The first kappa shape index (κ1) is 22.5. The van der Waals surface area contributed by atoms with Gasteiger partial charge < -0.3 is 24.4 Å². The highest BCUT2D eigenvalue weighted by Gasteiger charge is 2.37. The first-order valence-corrected chi connectivity index (χ1v) is 9.55. The Morgan fingerprint density at radius 2 is 1.88 bits per heavy atom. The number of ether oxygens (including phenoxy) is 3. The molecule has 2 aromatic rings. The number of nitro benzene ring substituents is 1. The smallest absolute Gasteiger partial charge is 0.311 e. The molecule has 2 amide bonds. The molecule has 1 saturated heterocycles. The Bertz CT molecular complexity index is 1040. The molecule has 1 atom stereocenters. The van der Waals surface area contributed by atoms with E-state index in [0.717, 1.165) is 0 Å². The average molecular weight is 443 g/mol. The fraction of sp³-hybridized carbons (Fsp3) is 0.286. The largest absolute Gasteiger partial charge is 0.497 e. The van der Waals surface area contributed by atoms with Gasteiger partial charge in [0.1, 0.15) is 11.5 Å². The molecule has 0 aromatic heterocycles. The van der Waals surface area contributed by atoms with Crippen LogP contribution in [0.3, 0.4) is 0 Å². The molecule has 1 fully saturated rings. The number of methoxy groups -OCH3 is 2. The molecule has 0 saturated carbocycles. The van der Waals surface area contributed by atoms with Crippen LogP contribution in [0, 0.1) is 16.0 Å². The van der Waals surface area contributed by atoms with E-state index in [-0.39, 0.29) is 30.3 Å². The first-order chi connectivity index (χ1) is 15.3. The summed E-state index contributed by atoms with van der Waals surface area (Å²) < 4.78 is 15.3. The summed E-state index contributed by atoms with van der Waals surface area (Å²) in [4.78, 5) is 48.6. The second-order valence-electron chi connectivity index (χ2n) is 6.90. The van der Waals surface area contributed by atoms with Gasteiger partial charge in [-0.3, -0.25) is 24.5 Å². The Balaban J connectivity index is 1.58. The molecule has 2 aromatic carbocycles. The number of anilines is 2. The van der Waals surface area contributed by atoms with E-state index < -0.39 is 29.3 Å². The maximum atomic E-state index is 12.4. The predicted molar refractivity (Wildman–Crippen MR) is 113 cm³/mol. The molecular weight excluding hydrogens is 422 g/mol. The van der Waals surface area contributed by atoms with E-state index in [1.165, 1.54) is 37.3 Å². The number of benzene rings is 2. The van der Waals surface area contributed by atoms with Gasteiger partial charge in [-0.15, -0.1) is 0 Å². The van der Waals surface area contributed by atoms with Gasteiger partial charge >= 0.3 is 5.97 Å². The molecule has 1 aliphatic rings. The summed E-state index contributed by atoms with van der Waals surface area (Å²) in [6, 6.07) is 10.5. The molecule has 0 bridgehead atoms. The van der Waals surface area contributed by atoms with E-state index >= 15 is 0 Å². The van der Waals surface area contributed by atoms with Crippen LogP contribution in [0.5, 0.6) is 11.5 Å². The van der Waals surface area contributed by atoms with Crippen LogP contribution in [-0.4, -0.2) is 50.1 Å². The third-order valence-corrected chi connectivity index (χ3v) is 4.84. The zero-order chi connectivity index (χ0) is 23.3. The zero-order valence-corrected chi connectivity index (χ0v) is 17.4. The summed E-state index contributed by atoms with van der Waals surface area (Å²) in [6.07, 6.45) is -0.112. The molecule has 0 aliphatic carbocycles. The minimum Gasteiger partial charge on any atom is -0.497 e. The van der Waals surface area contributed by atoms with Crippen LogP contribution < -0.4 is 19.7 Å². The molecule has 0 radical (unpaired) electrons. The number of carbonyl (C=O) groups excluding carboxylic acids is 3. The highest BCUT2D eigenvalue weighted by Crippen LogP contribution is 2.36. The summed E-state index contributed by atoms with van der Waals surface area (Å²) in [5.74, 6) is -1.58. The zero-order valence-electron chi connectivity index (χ0n) is 17.4. The number of esters is 1. The predicted octanol–water partition coefficient (Wildman–Crippen LogP) is 2.15. The van der Waals surface area contributed by atoms with Gasteiger partial charge in [-0.1, -0.05) is 0 Å². The molecule has 1 heterocycles. The van der Waals surface area contributed by atoms with Crippen LogP contribution in [0.1, 0.15) is 6.42 Å². The summed E-state index contributed by atoms with van der Waals surface area (Å²) in [7, 11) is 2.86. The number of rotatable bonds is 8. The van der Waals surface area contributed by atoms with Gasteiger partial charge in [0, 0.05) is 24.7 Å². The second kappa shape index (κ2) is 9.77. The number of carbonyl (C=O) groups is 3. The average Bonchev–Trinajstić information content (AvgIpc) is 3.18. The topological polar surface area (TPSA) is 137 Å². The number of nitrogens with zero attached hydrogens (tertiary/aromatic N) is 2. The normalized spacial score (nSPS) is 15.2. The fourth-order valence-corrected chi connectivity index (χ4v) is 3.23. The number of nitrogens with one attached hydrogen (secondary N) is 1. The van der Waals surface area contributed by atoms with Crippen LogP contribution >= 0.6 is 0 Å². The van der Waals surface area contributed by atoms with E-state index in [0.29, 0.717) is 17.1 Å². The van der Waals surface area contributed by atoms with E-state index in [4.69, 9.17) is 14.2 Å². The maximum absolute atomic E-state index is 12.4. The van der Waals surface area contributed by atoms with Gasteiger partial charge in [0.25, 0.3) is 11.6 Å². The molecular formula is C21H21N3O8. The number of hydrogen-bond donors (Lipinski definition) is 1. The van der Waals surface area contributed by atoms with Crippen molar-refractivity contribution < 1.29 is 33.5 Å². The van der Waals surface area contributed by atoms with E-state index in [1.54, 1.807) is 24.3 Å². The number of nitro groups is 1. The quantitative estimate of drug-likeness (QED) is 0.372. The van der Waals surface area contributed by atoms with Crippen molar-refractivity contribution in [3.63, 3.8) is 0 Å². The third kappa shape index (κ3) is 5.12. The highest BCUT2D eigenvalue weighted by molar-refractivity contribution is 6.01. The van der Waals surface area contributed by atoms with Crippen LogP contribution in [0.15, 0.2) is 42.5 Å². The first-order valence-electron chi connectivity index (χ1n) is 9.55. The van der Waals surface area contributed by atoms with Gasteiger partial charge in [-0.2, -0.15) is 0 Å². The Kier molecular flexibility index (Phi) is 6.88. The Hall–Kier alpha value is -4.15. The molecule has 168 valence electrons.